The van der Waals surface area contributed by atoms with Gasteiger partial charge in [0.15, 0.2) is 5.56 Å². The van der Waals surface area contributed by atoms with Gasteiger partial charge in [-0.1, -0.05) is 6.42 Å². The van der Waals surface area contributed by atoms with E-state index in [1.54, 1.807) is 18.8 Å². The van der Waals surface area contributed by atoms with Crippen LogP contribution in [0.2, 0.25) is 0 Å². The molecule has 0 N–H and O–H groups in total. The Hall–Kier alpha value is -1.68. The summed E-state index contributed by atoms with van der Waals surface area (Å²) in [6.45, 7) is 1.53. The number of thioether (sulfide) groups is 1. The molecule has 1 aromatic rings. The molecule has 6 nitrogen and oxygen atoms in total. The number of anilines is 1. The lowest BCUT2D eigenvalue weighted by Crippen LogP contribution is -2.43. The smallest absolute Gasteiger partial charge is 0.332 e. The number of aromatic nitrogens is 2. The molecule has 1 unspecified atom stereocenters. The Bertz CT molecular complexity index is 686. The van der Waals surface area contributed by atoms with Gasteiger partial charge < -0.3 is 4.90 Å². The van der Waals surface area contributed by atoms with Crippen molar-refractivity contribution in [2.75, 3.05) is 24.2 Å². The molecule has 1 saturated heterocycles. The first-order valence-corrected chi connectivity index (χ1v) is 8.28. The summed E-state index contributed by atoms with van der Waals surface area (Å²) in [4.78, 5) is 26.3. The molecule has 1 aliphatic rings. The molecule has 0 aromatic carbocycles. The van der Waals surface area contributed by atoms with Crippen molar-refractivity contribution in [3.63, 3.8) is 0 Å². The van der Waals surface area contributed by atoms with Crippen molar-refractivity contribution in [2.24, 2.45) is 14.1 Å². The van der Waals surface area contributed by atoms with Gasteiger partial charge >= 0.3 is 5.69 Å². The van der Waals surface area contributed by atoms with Gasteiger partial charge in [0.2, 0.25) is 0 Å². The Labute approximate surface area is 128 Å². The number of hydrogen-bond donors (Lipinski definition) is 0. The van der Waals surface area contributed by atoms with Gasteiger partial charge in [0, 0.05) is 32.4 Å². The molecule has 0 amide bonds. The Morgan fingerprint density at radius 1 is 1.24 bits per heavy atom. The minimum Gasteiger partial charge on any atom is -0.356 e. The van der Waals surface area contributed by atoms with Crippen molar-refractivity contribution >= 4 is 17.6 Å². The maximum absolute atomic E-state index is 12.2. The van der Waals surface area contributed by atoms with Crippen LogP contribution in [0.3, 0.4) is 0 Å². The lowest BCUT2D eigenvalue weighted by Gasteiger charge is -2.28. The van der Waals surface area contributed by atoms with Crippen molar-refractivity contribution in [3.05, 3.63) is 26.4 Å². The van der Waals surface area contributed by atoms with Gasteiger partial charge in [0.1, 0.15) is 11.9 Å². The van der Waals surface area contributed by atoms with Gasteiger partial charge in [0.25, 0.3) is 5.56 Å². The minimum atomic E-state index is -0.513. The average Bonchev–Trinajstić information content (AvgIpc) is 2.73. The third kappa shape index (κ3) is 2.86. The summed E-state index contributed by atoms with van der Waals surface area (Å²) >= 11 is 1.79. The van der Waals surface area contributed by atoms with Crippen molar-refractivity contribution < 1.29 is 0 Å². The van der Waals surface area contributed by atoms with E-state index in [1.807, 2.05) is 11.0 Å². The highest BCUT2D eigenvalue weighted by atomic mass is 32.2. The lowest BCUT2D eigenvalue weighted by molar-refractivity contribution is 0.653. The number of nitrogens with zero attached hydrogens (tertiary/aromatic N) is 4. The van der Waals surface area contributed by atoms with Crippen molar-refractivity contribution in [3.8, 4) is 6.07 Å². The zero-order valence-corrected chi connectivity index (χ0v) is 13.4. The van der Waals surface area contributed by atoms with Crippen molar-refractivity contribution in [1.29, 1.82) is 5.26 Å². The summed E-state index contributed by atoms with van der Waals surface area (Å²) in [5.74, 6) is 0.464. The third-order valence-corrected chi connectivity index (χ3v) is 5.06. The van der Waals surface area contributed by atoms with Crippen molar-refractivity contribution in [2.45, 2.75) is 24.5 Å². The van der Waals surface area contributed by atoms with E-state index in [0.29, 0.717) is 11.1 Å². The van der Waals surface area contributed by atoms with Crippen LogP contribution in [0.25, 0.3) is 0 Å². The SMILES string of the molecule is CSC1CCCCN(c2c(C#N)c(=O)n(C)c(=O)n2C)C1. The summed E-state index contributed by atoms with van der Waals surface area (Å²) in [7, 11) is 3.03. The quantitative estimate of drug-likeness (QED) is 0.803. The largest absolute Gasteiger partial charge is 0.356 e. The van der Waals surface area contributed by atoms with Crippen LogP contribution in [0.1, 0.15) is 24.8 Å². The van der Waals surface area contributed by atoms with Gasteiger partial charge in [0.05, 0.1) is 0 Å². The van der Waals surface area contributed by atoms with E-state index in [4.69, 9.17) is 0 Å². The summed E-state index contributed by atoms with van der Waals surface area (Å²) in [5, 5.41) is 9.81. The normalized spacial score (nSPS) is 19.1. The van der Waals surface area contributed by atoms with Crippen LogP contribution in [0, 0.1) is 11.3 Å². The van der Waals surface area contributed by atoms with Gasteiger partial charge in [-0.25, -0.2) is 4.79 Å². The Balaban J connectivity index is 2.60. The van der Waals surface area contributed by atoms with E-state index in [9.17, 15) is 14.9 Å². The Morgan fingerprint density at radius 3 is 2.57 bits per heavy atom. The van der Waals surface area contributed by atoms with E-state index < -0.39 is 5.56 Å². The van der Waals surface area contributed by atoms with Crippen LogP contribution < -0.4 is 16.1 Å². The molecule has 2 rings (SSSR count). The fourth-order valence-corrected chi connectivity index (χ4v) is 3.52. The van der Waals surface area contributed by atoms with Crippen LogP contribution in [0.5, 0.6) is 0 Å². The second-order valence-electron chi connectivity index (χ2n) is 5.32. The second-order valence-corrected chi connectivity index (χ2v) is 6.45. The molecule has 21 heavy (non-hydrogen) atoms. The Kier molecular flexibility index (Phi) is 4.78. The second kappa shape index (κ2) is 6.39. The van der Waals surface area contributed by atoms with Crippen LogP contribution in [0.4, 0.5) is 5.82 Å². The van der Waals surface area contributed by atoms with E-state index in [1.165, 1.54) is 11.6 Å². The highest BCUT2D eigenvalue weighted by molar-refractivity contribution is 7.99. The first-order chi connectivity index (χ1) is 10.0. The minimum absolute atomic E-state index is 0.0568. The molecule has 0 aliphatic carbocycles. The molecule has 0 saturated carbocycles. The van der Waals surface area contributed by atoms with Crippen LogP contribution in [-0.4, -0.2) is 33.7 Å². The molecule has 2 heterocycles. The third-order valence-electron chi connectivity index (χ3n) is 4.01. The zero-order valence-electron chi connectivity index (χ0n) is 12.6. The predicted octanol–water partition coefficient (Wildman–Crippen LogP) is 0.678. The van der Waals surface area contributed by atoms with Gasteiger partial charge in [-0.15, -0.1) is 0 Å². The monoisotopic (exact) mass is 308 g/mol. The number of rotatable bonds is 2. The first-order valence-electron chi connectivity index (χ1n) is 6.99. The molecule has 0 spiro atoms. The highest BCUT2D eigenvalue weighted by Gasteiger charge is 2.24. The molecule has 1 fully saturated rings. The van der Waals surface area contributed by atoms with Gasteiger partial charge in [-0.2, -0.15) is 17.0 Å². The first kappa shape index (κ1) is 15.7. The maximum atomic E-state index is 12.2. The molecule has 1 aromatic heterocycles. The molecule has 114 valence electrons. The van der Waals surface area contributed by atoms with Crippen molar-refractivity contribution in [1.82, 2.24) is 9.13 Å². The molecule has 7 heteroatoms. The van der Waals surface area contributed by atoms with Crippen LogP contribution >= 0.6 is 11.8 Å². The molecule has 1 atom stereocenters. The fourth-order valence-electron chi connectivity index (χ4n) is 2.79. The molecular formula is C14H20N4O2S. The highest BCUT2D eigenvalue weighted by Crippen LogP contribution is 2.24. The van der Waals surface area contributed by atoms with Crippen LogP contribution in [0.15, 0.2) is 9.59 Å². The van der Waals surface area contributed by atoms with Gasteiger partial charge in [-0.05, 0) is 19.1 Å². The predicted molar refractivity (Wildman–Crippen MR) is 85.0 cm³/mol. The molecule has 1 aliphatic heterocycles. The molecule has 0 bridgehead atoms. The standard InChI is InChI=1S/C14H20N4O2S/c1-16-12(11(8-15)13(19)17(2)14(16)20)18-7-5-4-6-10(9-18)21-3/h10H,4-7,9H2,1-3H3. The Morgan fingerprint density at radius 2 is 1.95 bits per heavy atom. The number of hydrogen-bond acceptors (Lipinski definition) is 5. The molecule has 0 radical (unpaired) electrons. The summed E-state index contributed by atoms with van der Waals surface area (Å²) in [6.07, 6.45) is 5.33. The summed E-state index contributed by atoms with van der Waals surface area (Å²) in [5.41, 5.74) is -0.846. The van der Waals surface area contributed by atoms with E-state index in [0.717, 1.165) is 36.9 Å². The van der Waals surface area contributed by atoms with E-state index in [2.05, 4.69) is 6.26 Å². The van der Waals surface area contributed by atoms with E-state index in [-0.39, 0.29) is 11.3 Å². The lowest BCUT2D eigenvalue weighted by atomic mass is 10.2. The topological polar surface area (TPSA) is 71.0 Å². The number of nitriles is 1. The zero-order chi connectivity index (χ0) is 15.6. The fraction of sp³-hybridized carbons (Fsp3) is 0.643. The van der Waals surface area contributed by atoms with E-state index >= 15 is 0 Å². The summed E-state index contributed by atoms with van der Waals surface area (Å²) < 4.78 is 2.41. The average molecular weight is 308 g/mol. The molecular weight excluding hydrogens is 288 g/mol. The summed E-state index contributed by atoms with van der Waals surface area (Å²) in [6, 6.07) is 1.98. The van der Waals surface area contributed by atoms with Crippen LogP contribution in [-0.2, 0) is 14.1 Å². The van der Waals surface area contributed by atoms with Gasteiger partial charge in [-0.3, -0.25) is 13.9 Å². The maximum Gasteiger partial charge on any atom is 0.332 e.